The Labute approximate surface area is 167 Å². The Kier molecular flexibility index (Phi) is 5.64. The number of benzene rings is 2. The molecule has 0 unspecified atom stereocenters. The SMILES string of the molecule is CC(=O)c1cccc(NC(=O)Nc2ccc(S(=O)(=O)Nc3cc(C)on3)cc2)c1. The highest BCUT2D eigenvalue weighted by Gasteiger charge is 2.16. The van der Waals surface area contributed by atoms with Crippen molar-refractivity contribution in [3.8, 4) is 0 Å². The molecule has 0 atom stereocenters. The van der Waals surface area contributed by atoms with Gasteiger partial charge in [0.2, 0.25) is 0 Å². The van der Waals surface area contributed by atoms with Gasteiger partial charge in [-0.25, -0.2) is 13.2 Å². The monoisotopic (exact) mass is 414 g/mol. The van der Waals surface area contributed by atoms with Gasteiger partial charge in [0.15, 0.2) is 11.6 Å². The van der Waals surface area contributed by atoms with Gasteiger partial charge in [-0.1, -0.05) is 17.3 Å². The number of sulfonamides is 1. The van der Waals surface area contributed by atoms with Crippen molar-refractivity contribution in [1.29, 1.82) is 0 Å². The number of rotatable bonds is 6. The van der Waals surface area contributed by atoms with Crippen molar-refractivity contribution >= 4 is 39.0 Å². The molecule has 29 heavy (non-hydrogen) atoms. The van der Waals surface area contributed by atoms with E-state index in [4.69, 9.17) is 4.52 Å². The molecule has 0 spiro atoms. The van der Waals surface area contributed by atoms with Crippen LogP contribution in [0.5, 0.6) is 0 Å². The Morgan fingerprint density at radius 3 is 2.28 bits per heavy atom. The number of aryl methyl sites for hydroxylation is 1. The summed E-state index contributed by atoms with van der Waals surface area (Å²) in [7, 11) is -3.84. The third kappa shape index (κ3) is 5.20. The summed E-state index contributed by atoms with van der Waals surface area (Å²) in [6, 6.07) is 13.1. The third-order valence-corrected chi connectivity index (χ3v) is 5.19. The minimum Gasteiger partial charge on any atom is -0.360 e. The van der Waals surface area contributed by atoms with E-state index in [9.17, 15) is 18.0 Å². The van der Waals surface area contributed by atoms with Gasteiger partial charge in [-0.15, -0.1) is 0 Å². The van der Waals surface area contributed by atoms with Crippen LogP contribution in [-0.4, -0.2) is 25.4 Å². The quantitative estimate of drug-likeness (QED) is 0.528. The number of nitrogens with one attached hydrogen (secondary N) is 3. The number of urea groups is 1. The van der Waals surface area contributed by atoms with E-state index in [1.165, 1.54) is 37.3 Å². The van der Waals surface area contributed by atoms with E-state index in [0.717, 1.165) is 0 Å². The lowest BCUT2D eigenvalue weighted by atomic mass is 10.1. The fraction of sp³-hybridized carbons (Fsp3) is 0.105. The molecule has 2 aromatic carbocycles. The van der Waals surface area contributed by atoms with E-state index in [1.54, 1.807) is 31.2 Å². The molecule has 0 radical (unpaired) electrons. The van der Waals surface area contributed by atoms with Crippen LogP contribution in [0.25, 0.3) is 0 Å². The van der Waals surface area contributed by atoms with E-state index < -0.39 is 16.1 Å². The van der Waals surface area contributed by atoms with Gasteiger partial charge < -0.3 is 15.2 Å². The van der Waals surface area contributed by atoms with Crippen molar-refractivity contribution in [3.05, 3.63) is 65.9 Å². The van der Waals surface area contributed by atoms with Crippen LogP contribution >= 0.6 is 0 Å². The second kappa shape index (κ2) is 8.15. The fourth-order valence-corrected chi connectivity index (χ4v) is 3.42. The summed E-state index contributed by atoms with van der Waals surface area (Å²) in [5.74, 6) is 0.444. The number of hydrogen-bond donors (Lipinski definition) is 3. The first-order valence-electron chi connectivity index (χ1n) is 8.48. The molecule has 3 aromatic rings. The van der Waals surface area contributed by atoms with Gasteiger partial charge in [-0.05, 0) is 50.2 Å². The molecule has 1 aromatic heterocycles. The topological polar surface area (TPSA) is 130 Å². The van der Waals surface area contributed by atoms with E-state index >= 15 is 0 Å². The molecule has 2 amide bonds. The molecule has 10 heteroatoms. The molecule has 3 rings (SSSR count). The Morgan fingerprint density at radius 2 is 1.66 bits per heavy atom. The second-order valence-electron chi connectivity index (χ2n) is 6.17. The highest BCUT2D eigenvalue weighted by molar-refractivity contribution is 7.92. The first kappa shape index (κ1) is 20.1. The third-order valence-electron chi connectivity index (χ3n) is 3.82. The van der Waals surface area contributed by atoms with Gasteiger partial charge in [0.1, 0.15) is 5.76 Å². The van der Waals surface area contributed by atoms with Gasteiger partial charge in [-0.2, -0.15) is 0 Å². The molecule has 0 bridgehead atoms. The van der Waals surface area contributed by atoms with Gasteiger partial charge in [0.25, 0.3) is 10.0 Å². The molecule has 0 fully saturated rings. The largest absolute Gasteiger partial charge is 0.360 e. The molecule has 0 aliphatic rings. The second-order valence-corrected chi connectivity index (χ2v) is 7.85. The molecule has 0 aliphatic heterocycles. The van der Waals surface area contributed by atoms with Gasteiger partial charge in [0, 0.05) is 23.0 Å². The Hall–Kier alpha value is -3.66. The zero-order valence-electron chi connectivity index (χ0n) is 15.6. The van der Waals surface area contributed by atoms with Gasteiger partial charge >= 0.3 is 6.03 Å². The molecule has 0 saturated carbocycles. The molecule has 3 N–H and O–H groups in total. The molecule has 1 heterocycles. The van der Waals surface area contributed by atoms with Crippen LogP contribution in [0.4, 0.5) is 22.0 Å². The van der Waals surface area contributed by atoms with Crippen LogP contribution in [0.15, 0.2) is 64.0 Å². The van der Waals surface area contributed by atoms with Crippen molar-refractivity contribution in [1.82, 2.24) is 5.16 Å². The Bertz CT molecular complexity index is 1150. The Morgan fingerprint density at radius 1 is 0.966 bits per heavy atom. The number of aromatic nitrogens is 1. The van der Waals surface area contributed by atoms with Gasteiger partial charge in [0.05, 0.1) is 4.90 Å². The Balaban J connectivity index is 1.64. The predicted octanol–water partition coefficient (Wildman–Crippen LogP) is 3.63. The number of amides is 2. The number of carbonyl (C=O) groups excluding carboxylic acids is 2. The van der Waals surface area contributed by atoms with Crippen molar-refractivity contribution in [3.63, 3.8) is 0 Å². The summed E-state index contributed by atoms with van der Waals surface area (Å²) in [6.07, 6.45) is 0. The van der Waals surface area contributed by atoms with Gasteiger partial charge in [-0.3, -0.25) is 9.52 Å². The smallest absolute Gasteiger partial charge is 0.323 e. The maximum absolute atomic E-state index is 12.4. The van der Waals surface area contributed by atoms with Crippen LogP contribution in [0, 0.1) is 6.92 Å². The van der Waals surface area contributed by atoms with Crippen LogP contribution in [0.1, 0.15) is 23.0 Å². The summed E-state index contributed by atoms with van der Waals surface area (Å²) in [6.45, 7) is 3.08. The number of anilines is 3. The number of Topliss-reactive ketones (excluding diaryl/α,β-unsaturated/α-hetero) is 1. The lowest BCUT2D eigenvalue weighted by Gasteiger charge is -2.09. The van der Waals surface area contributed by atoms with E-state index in [0.29, 0.717) is 22.7 Å². The van der Waals surface area contributed by atoms with Crippen molar-refractivity contribution in [2.45, 2.75) is 18.7 Å². The average molecular weight is 414 g/mol. The maximum Gasteiger partial charge on any atom is 0.323 e. The number of carbonyl (C=O) groups is 2. The van der Waals surface area contributed by atoms with Crippen LogP contribution in [-0.2, 0) is 10.0 Å². The lowest BCUT2D eigenvalue weighted by molar-refractivity contribution is 0.101. The lowest BCUT2D eigenvalue weighted by Crippen LogP contribution is -2.19. The summed E-state index contributed by atoms with van der Waals surface area (Å²) in [4.78, 5) is 23.5. The van der Waals surface area contributed by atoms with Crippen molar-refractivity contribution in [2.75, 3.05) is 15.4 Å². The first-order chi connectivity index (χ1) is 13.7. The number of ketones is 1. The summed E-state index contributed by atoms with van der Waals surface area (Å²) in [5.41, 5.74) is 1.33. The summed E-state index contributed by atoms with van der Waals surface area (Å²) >= 11 is 0. The molecule has 9 nitrogen and oxygen atoms in total. The molecular formula is C19H18N4O5S. The maximum atomic E-state index is 12.4. The fourth-order valence-electron chi connectivity index (χ4n) is 2.44. The average Bonchev–Trinajstić information content (AvgIpc) is 3.06. The zero-order valence-corrected chi connectivity index (χ0v) is 16.4. The number of nitrogens with zero attached hydrogens (tertiary/aromatic N) is 1. The van der Waals surface area contributed by atoms with E-state index in [-0.39, 0.29) is 16.5 Å². The molecule has 0 aliphatic carbocycles. The van der Waals surface area contributed by atoms with Crippen molar-refractivity contribution < 1.29 is 22.5 Å². The minimum absolute atomic E-state index is 0.00160. The molecule has 150 valence electrons. The summed E-state index contributed by atoms with van der Waals surface area (Å²) < 4.78 is 31.8. The highest BCUT2D eigenvalue weighted by atomic mass is 32.2. The highest BCUT2D eigenvalue weighted by Crippen LogP contribution is 2.18. The van der Waals surface area contributed by atoms with Crippen LogP contribution < -0.4 is 15.4 Å². The normalized spacial score (nSPS) is 11.0. The molecule has 0 saturated heterocycles. The zero-order chi connectivity index (χ0) is 21.0. The van der Waals surface area contributed by atoms with E-state index in [2.05, 4.69) is 20.5 Å². The molecular weight excluding hydrogens is 396 g/mol. The minimum atomic E-state index is -3.84. The first-order valence-corrected chi connectivity index (χ1v) is 9.96. The van der Waals surface area contributed by atoms with Crippen molar-refractivity contribution in [2.24, 2.45) is 0 Å². The summed E-state index contributed by atoms with van der Waals surface area (Å²) in [5, 5.41) is 8.80. The van der Waals surface area contributed by atoms with Crippen LogP contribution in [0.3, 0.4) is 0 Å². The predicted molar refractivity (Wildman–Crippen MR) is 108 cm³/mol. The number of hydrogen-bond acceptors (Lipinski definition) is 6. The standard InChI is InChI=1S/C19H18N4O5S/c1-12-10-18(22-28-12)23-29(26,27)17-8-6-15(7-9-17)20-19(25)21-16-5-3-4-14(11-16)13(2)24/h3-11H,1-2H3,(H,22,23)(H2,20,21,25). The van der Waals surface area contributed by atoms with E-state index in [1.807, 2.05) is 0 Å². The van der Waals surface area contributed by atoms with Crippen LogP contribution in [0.2, 0.25) is 0 Å².